The van der Waals surface area contributed by atoms with Gasteiger partial charge in [-0.3, -0.25) is 9.59 Å². The molecule has 0 aliphatic rings. The summed E-state index contributed by atoms with van der Waals surface area (Å²) in [7, 11) is 0. The molecule has 0 unspecified atom stereocenters. The lowest BCUT2D eigenvalue weighted by Crippen LogP contribution is -2.36. The fraction of sp³-hybridized carbons (Fsp3) is 0.176. The van der Waals surface area contributed by atoms with Gasteiger partial charge in [0.1, 0.15) is 0 Å². The quantitative estimate of drug-likeness (QED) is 0.827. The molecule has 6 heteroatoms. The Balaban J connectivity index is 1.84. The third-order valence-corrected chi connectivity index (χ3v) is 4.00. The van der Waals surface area contributed by atoms with Crippen LogP contribution in [0, 0.1) is 6.92 Å². The van der Waals surface area contributed by atoms with E-state index in [0.29, 0.717) is 28.7 Å². The second kappa shape index (κ2) is 7.99. The summed E-state index contributed by atoms with van der Waals surface area (Å²) in [5.74, 6) is -1.40. The molecule has 0 saturated carbocycles. The van der Waals surface area contributed by atoms with Gasteiger partial charge in [0, 0.05) is 22.3 Å². The molecule has 2 amide bonds. The number of carbonyl (C=O) groups excluding carboxylic acids is 2. The predicted molar refractivity (Wildman–Crippen MR) is 93.0 cm³/mol. The van der Waals surface area contributed by atoms with Crippen molar-refractivity contribution in [3.8, 4) is 0 Å². The zero-order valence-corrected chi connectivity index (χ0v) is 14.0. The average molecular weight is 351 g/mol. The molecule has 0 aliphatic heterocycles. The maximum Gasteiger partial charge on any atom is 0.313 e. The van der Waals surface area contributed by atoms with E-state index >= 15 is 0 Å². The fourth-order valence-electron chi connectivity index (χ4n) is 1.97. The van der Waals surface area contributed by atoms with E-state index in [9.17, 15) is 9.59 Å². The highest BCUT2D eigenvalue weighted by atomic mass is 35.5. The van der Waals surface area contributed by atoms with E-state index in [2.05, 4.69) is 10.6 Å². The van der Waals surface area contributed by atoms with Gasteiger partial charge in [-0.1, -0.05) is 41.4 Å². The van der Waals surface area contributed by atoms with E-state index in [4.69, 9.17) is 23.2 Å². The number of amides is 2. The molecule has 0 fully saturated rings. The summed E-state index contributed by atoms with van der Waals surface area (Å²) in [5.41, 5.74) is 2.27. The van der Waals surface area contributed by atoms with E-state index in [1.54, 1.807) is 37.3 Å². The molecule has 0 radical (unpaired) electrons. The number of rotatable bonds is 4. The first-order valence-electron chi connectivity index (χ1n) is 7.06. The van der Waals surface area contributed by atoms with Crippen LogP contribution in [0.15, 0.2) is 42.5 Å². The standard InChI is InChI=1S/C17H16Cl2N2O2/c1-11-14(19)3-2-4-15(11)21-17(23)16(22)20-10-9-12-5-7-13(18)8-6-12/h2-8H,9-10H2,1H3,(H,20,22)(H,21,23). The first kappa shape index (κ1) is 17.3. The number of halogens is 2. The summed E-state index contributed by atoms with van der Waals surface area (Å²) in [6, 6.07) is 12.5. The van der Waals surface area contributed by atoms with Crippen LogP contribution in [-0.4, -0.2) is 18.4 Å². The predicted octanol–water partition coefficient (Wildman–Crippen LogP) is 3.60. The molecule has 0 bridgehead atoms. The number of anilines is 1. The van der Waals surface area contributed by atoms with Crippen molar-refractivity contribution in [2.75, 3.05) is 11.9 Å². The van der Waals surface area contributed by atoms with Crippen LogP contribution in [0.4, 0.5) is 5.69 Å². The van der Waals surface area contributed by atoms with Crippen LogP contribution in [0.5, 0.6) is 0 Å². The van der Waals surface area contributed by atoms with E-state index in [1.165, 1.54) is 0 Å². The molecule has 4 nitrogen and oxygen atoms in total. The van der Waals surface area contributed by atoms with Gasteiger partial charge in [-0.25, -0.2) is 0 Å². The highest BCUT2D eigenvalue weighted by molar-refractivity contribution is 6.40. The maximum absolute atomic E-state index is 11.9. The Morgan fingerprint density at radius 1 is 1.00 bits per heavy atom. The van der Waals surface area contributed by atoms with Gasteiger partial charge < -0.3 is 10.6 Å². The normalized spacial score (nSPS) is 10.2. The zero-order valence-electron chi connectivity index (χ0n) is 12.5. The Hall–Kier alpha value is -2.04. The zero-order chi connectivity index (χ0) is 16.8. The Bertz CT molecular complexity index is 715. The summed E-state index contributed by atoms with van der Waals surface area (Å²) in [6.07, 6.45) is 0.617. The van der Waals surface area contributed by atoms with Crippen molar-refractivity contribution >= 4 is 40.7 Å². The molecule has 0 spiro atoms. The molecular formula is C17H16Cl2N2O2. The van der Waals surface area contributed by atoms with Crippen LogP contribution < -0.4 is 10.6 Å². The lowest BCUT2D eigenvalue weighted by atomic mass is 10.1. The number of hydrogen-bond donors (Lipinski definition) is 2. The summed E-state index contributed by atoms with van der Waals surface area (Å²) >= 11 is 11.8. The van der Waals surface area contributed by atoms with Crippen molar-refractivity contribution in [1.29, 1.82) is 0 Å². The van der Waals surface area contributed by atoms with Gasteiger partial charge >= 0.3 is 11.8 Å². The molecule has 23 heavy (non-hydrogen) atoms. The fourth-order valence-corrected chi connectivity index (χ4v) is 2.27. The van der Waals surface area contributed by atoms with Gasteiger partial charge in [0.05, 0.1) is 0 Å². The summed E-state index contributed by atoms with van der Waals surface area (Å²) < 4.78 is 0. The van der Waals surface area contributed by atoms with Crippen LogP contribution in [0.3, 0.4) is 0 Å². The Labute approximate surface area is 144 Å². The monoisotopic (exact) mass is 350 g/mol. The molecule has 2 N–H and O–H groups in total. The van der Waals surface area contributed by atoms with Crippen LogP contribution >= 0.6 is 23.2 Å². The van der Waals surface area contributed by atoms with Gasteiger partial charge in [0.2, 0.25) is 0 Å². The maximum atomic E-state index is 11.9. The van der Waals surface area contributed by atoms with Gasteiger partial charge in [-0.2, -0.15) is 0 Å². The van der Waals surface area contributed by atoms with Crippen molar-refractivity contribution in [3.05, 3.63) is 63.6 Å². The molecule has 0 aromatic heterocycles. The van der Waals surface area contributed by atoms with E-state index in [0.717, 1.165) is 11.1 Å². The number of hydrogen-bond acceptors (Lipinski definition) is 2. The number of nitrogens with one attached hydrogen (secondary N) is 2. The van der Waals surface area contributed by atoms with E-state index in [-0.39, 0.29) is 0 Å². The van der Waals surface area contributed by atoms with Gasteiger partial charge in [-0.15, -0.1) is 0 Å². The smallest absolute Gasteiger partial charge is 0.313 e. The van der Waals surface area contributed by atoms with E-state index in [1.807, 2.05) is 12.1 Å². The molecule has 0 aliphatic carbocycles. The first-order chi connectivity index (χ1) is 11.0. The van der Waals surface area contributed by atoms with Crippen molar-refractivity contribution < 1.29 is 9.59 Å². The first-order valence-corrected chi connectivity index (χ1v) is 7.81. The Kier molecular flexibility index (Phi) is 6.02. The Morgan fingerprint density at radius 3 is 2.39 bits per heavy atom. The minimum Gasteiger partial charge on any atom is -0.347 e. The number of benzene rings is 2. The highest BCUT2D eigenvalue weighted by Gasteiger charge is 2.14. The second-order valence-electron chi connectivity index (χ2n) is 5.00. The Morgan fingerprint density at radius 2 is 1.70 bits per heavy atom. The van der Waals surface area contributed by atoms with Crippen molar-refractivity contribution in [3.63, 3.8) is 0 Å². The van der Waals surface area contributed by atoms with Gasteiger partial charge in [-0.05, 0) is 48.7 Å². The van der Waals surface area contributed by atoms with Crippen LogP contribution in [0.2, 0.25) is 10.0 Å². The lowest BCUT2D eigenvalue weighted by molar-refractivity contribution is -0.136. The van der Waals surface area contributed by atoms with Gasteiger partial charge in [0.25, 0.3) is 0 Å². The molecule has 2 rings (SSSR count). The van der Waals surface area contributed by atoms with Crippen molar-refractivity contribution in [1.82, 2.24) is 5.32 Å². The largest absolute Gasteiger partial charge is 0.347 e. The minimum atomic E-state index is -0.716. The summed E-state index contributed by atoms with van der Waals surface area (Å²) in [5, 5.41) is 6.33. The third-order valence-electron chi connectivity index (χ3n) is 3.33. The molecular weight excluding hydrogens is 335 g/mol. The average Bonchev–Trinajstić information content (AvgIpc) is 2.53. The minimum absolute atomic E-state index is 0.364. The molecule has 0 heterocycles. The number of carbonyl (C=O) groups is 2. The lowest BCUT2D eigenvalue weighted by Gasteiger charge is -2.09. The second-order valence-corrected chi connectivity index (χ2v) is 5.84. The third kappa shape index (κ3) is 4.98. The van der Waals surface area contributed by atoms with Crippen LogP contribution in [0.1, 0.15) is 11.1 Å². The van der Waals surface area contributed by atoms with Crippen LogP contribution in [-0.2, 0) is 16.0 Å². The SMILES string of the molecule is Cc1c(Cl)cccc1NC(=O)C(=O)NCCc1ccc(Cl)cc1. The topological polar surface area (TPSA) is 58.2 Å². The van der Waals surface area contributed by atoms with Crippen molar-refractivity contribution in [2.24, 2.45) is 0 Å². The molecule has 0 saturated heterocycles. The molecule has 2 aromatic rings. The molecule has 120 valence electrons. The summed E-state index contributed by atoms with van der Waals surface area (Å²) in [4.78, 5) is 23.7. The van der Waals surface area contributed by atoms with Crippen molar-refractivity contribution in [2.45, 2.75) is 13.3 Å². The molecule has 2 aromatic carbocycles. The molecule has 0 atom stereocenters. The highest BCUT2D eigenvalue weighted by Crippen LogP contribution is 2.22. The van der Waals surface area contributed by atoms with Crippen LogP contribution in [0.25, 0.3) is 0 Å². The van der Waals surface area contributed by atoms with Gasteiger partial charge in [0.15, 0.2) is 0 Å². The summed E-state index contributed by atoms with van der Waals surface area (Å²) in [6.45, 7) is 2.14. The van der Waals surface area contributed by atoms with E-state index < -0.39 is 11.8 Å².